The van der Waals surface area contributed by atoms with E-state index in [2.05, 4.69) is 15.3 Å². The lowest BCUT2D eigenvalue weighted by molar-refractivity contribution is 0.156. The third-order valence-electron chi connectivity index (χ3n) is 1.98. The molecule has 1 aromatic rings. The van der Waals surface area contributed by atoms with Crippen LogP contribution < -0.4 is 10.2 Å². The van der Waals surface area contributed by atoms with E-state index in [0.29, 0.717) is 18.3 Å². The van der Waals surface area contributed by atoms with Gasteiger partial charge in [0.15, 0.2) is 0 Å². The lowest BCUT2D eigenvalue weighted by Crippen LogP contribution is -2.25. The monoisotopic (exact) mass is 230 g/mol. The number of rotatable bonds is 5. The molecular formula is C10H16F2N4. The van der Waals surface area contributed by atoms with Crippen molar-refractivity contribution in [2.45, 2.75) is 20.3 Å². The van der Waals surface area contributed by atoms with Gasteiger partial charge in [-0.2, -0.15) is 4.98 Å². The van der Waals surface area contributed by atoms with E-state index in [9.17, 15) is 8.78 Å². The van der Waals surface area contributed by atoms with Gasteiger partial charge in [0.2, 0.25) is 5.95 Å². The van der Waals surface area contributed by atoms with Gasteiger partial charge in [0.05, 0.1) is 6.54 Å². The van der Waals surface area contributed by atoms with Crippen molar-refractivity contribution in [1.29, 1.82) is 0 Å². The Morgan fingerprint density at radius 2 is 2.12 bits per heavy atom. The van der Waals surface area contributed by atoms with E-state index in [1.165, 1.54) is 4.90 Å². The van der Waals surface area contributed by atoms with Gasteiger partial charge in [-0.1, -0.05) is 0 Å². The van der Waals surface area contributed by atoms with Crippen LogP contribution in [0.1, 0.15) is 12.6 Å². The minimum Gasteiger partial charge on any atom is -0.354 e. The van der Waals surface area contributed by atoms with Gasteiger partial charge in [-0.15, -0.1) is 0 Å². The van der Waals surface area contributed by atoms with E-state index in [0.717, 1.165) is 5.69 Å². The number of aryl methyl sites for hydroxylation is 1. The maximum Gasteiger partial charge on any atom is 0.255 e. The second kappa shape index (κ2) is 5.58. The molecule has 0 unspecified atom stereocenters. The molecular weight excluding hydrogens is 214 g/mol. The average molecular weight is 230 g/mol. The number of anilines is 2. The third-order valence-corrected chi connectivity index (χ3v) is 1.98. The smallest absolute Gasteiger partial charge is 0.255 e. The van der Waals surface area contributed by atoms with E-state index >= 15 is 0 Å². The van der Waals surface area contributed by atoms with Crippen LogP contribution >= 0.6 is 0 Å². The van der Waals surface area contributed by atoms with Crippen LogP contribution in [0.15, 0.2) is 6.07 Å². The highest BCUT2D eigenvalue weighted by Gasteiger charge is 2.11. The lowest BCUT2D eigenvalue weighted by Gasteiger charge is -2.18. The predicted molar refractivity (Wildman–Crippen MR) is 60.2 cm³/mol. The molecule has 1 heterocycles. The Hall–Kier alpha value is -1.46. The summed E-state index contributed by atoms with van der Waals surface area (Å²) in [6.07, 6.45) is -2.37. The second-order valence-corrected chi connectivity index (χ2v) is 3.49. The first-order valence-corrected chi connectivity index (χ1v) is 5.11. The highest BCUT2D eigenvalue weighted by Crippen LogP contribution is 2.14. The van der Waals surface area contributed by atoms with Crippen molar-refractivity contribution in [1.82, 2.24) is 9.97 Å². The molecule has 90 valence electrons. The summed E-state index contributed by atoms with van der Waals surface area (Å²) in [5.74, 6) is 0.974. The van der Waals surface area contributed by atoms with Gasteiger partial charge in [-0.25, -0.2) is 13.8 Å². The van der Waals surface area contributed by atoms with Crippen LogP contribution in [0.3, 0.4) is 0 Å². The van der Waals surface area contributed by atoms with Crippen LogP contribution in [0, 0.1) is 6.92 Å². The second-order valence-electron chi connectivity index (χ2n) is 3.49. The zero-order valence-corrected chi connectivity index (χ0v) is 9.67. The van der Waals surface area contributed by atoms with Gasteiger partial charge >= 0.3 is 0 Å². The fourth-order valence-corrected chi connectivity index (χ4v) is 1.29. The normalized spacial score (nSPS) is 10.6. The van der Waals surface area contributed by atoms with Gasteiger partial charge < -0.3 is 10.2 Å². The third kappa shape index (κ3) is 3.60. The van der Waals surface area contributed by atoms with E-state index in [-0.39, 0.29) is 6.54 Å². The van der Waals surface area contributed by atoms with Crippen molar-refractivity contribution in [3.63, 3.8) is 0 Å². The van der Waals surface area contributed by atoms with E-state index in [4.69, 9.17) is 0 Å². The Balaban J connectivity index is 2.86. The summed E-state index contributed by atoms with van der Waals surface area (Å²) < 4.78 is 24.4. The summed E-state index contributed by atoms with van der Waals surface area (Å²) in [6, 6.07) is 1.68. The number of aromatic nitrogens is 2. The molecule has 0 aliphatic rings. The van der Waals surface area contributed by atoms with Crippen molar-refractivity contribution in [3.8, 4) is 0 Å². The maximum atomic E-state index is 12.2. The van der Waals surface area contributed by atoms with Crippen molar-refractivity contribution >= 4 is 11.8 Å². The predicted octanol–water partition coefficient (Wildman–Crippen LogP) is 1.92. The first-order valence-electron chi connectivity index (χ1n) is 5.11. The average Bonchev–Trinajstić information content (AvgIpc) is 2.16. The molecule has 0 aliphatic carbocycles. The van der Waals surface area contributed by atoms with Crippen LogP contribution in [-0.4, -0.2) is 36.5 Å². The van der Waals surface area contributed by atoms with Crippen LogP contribution in [0.25, 0.3) is 0 Å². The molecule has 0 amide bonds. The highest BCUT2D eigenvalue weighted by atomic mass is 19.3. The summed E-state index contributed by atoms with van der Waals surface area (Å²) in [7, 11) is 1.59. The summed E-state index contributed by atoms with van der Waals surface area (Å²) in [6.45, 7) is 4.10. The van der Waals surface area contributed by atoms with Gasteiger partial charge in [0.25, 0.3) is 6.43 Å². The first-order chi connectivity index (χ1) is 7.52. The Labute approximate surface area is 93.7 Å². The van der Waals surface area contributed by atoms with Crippen molar-refractivity contribution in [3.05, 3.63) is 11.8 Å². The van der Waals surface area contributed by atoms with Crippen LogP contribution in [0.4, 0.5) is 20.5 Å². The summed E-state index contributed by atoms with van der Waals surface area (Å²) in [4.78, 5) is 9.71. The number of hydrogen-bond acceptors (Lipinski definition) is 4. The minimum absolute atomic E-state index is 0.331. The molecule has 1 rings (SSSR count). The quantitative estimate of drug-likeness (QED) is 0.839. The molecule has 0 atom stereocenters. The highest BCUT2D eigenvalue weighted by molar-refractivity contribution is 5.44. The molecule has 0 saturated heterocycles. The lowest BCUT2D eigenvalue weighted by atomic mass is 10.4. The fourth-order valence-electron chi connectivity index (χ4n) is 1.29. The molecule has 0 fully saturated rings. The number of alkyl halides is 2. The summed E-state index contributed by atoms with van der Waals surface area (Å²) in [5, 5.41) is 2.96. The zero-order chi connectivity index (χ0) is 12.1. The van der Waals surface area contributed by atoms with Gasteiger partial charge in [-0.05, 0) is 13.8 Å². The van der Waals surface area contributed by atoms with Crippen LogP contribution in [-0.2, 0) is 0 Å². The summed E-state index contributed by atoms with van der Waals surface area (Å²) in [5.41, 5.74) is 0.752. The molecule has 0 aliphatic heterocycles. The molecule has 6 heteroatoms. The van der Waals surface area contributed by atoms with E-state index in [1.807, 2.05) is 13.8 Å². The molecule has 0 saturated carbocycles. The van der Waals surface area contributed by atoms with E-state index < -0.39 is 6.43 Å². The maximum absolute atomic E-state index is 12.2. The topological polar surface area (TPSA) is 41.1 Å². The SMILES string of the molecule is CCNc1nc(C)cc(N(C)CC(F)F)n1. The molecule has 0 spiro atoms. The minimum atomic E-state index is -2.37. The molecule has 16 heavy (non-hydrogen) atoms. The standard InChI is InChI=1S/C10H16F2N4/c1-4-13-10-14-7(2)5-9(15-10)16(3)6-8(11)12/h5,8H,4,6H2,1-3H3,(H,13,14,15). The van der Waals surface area contributed by atoms with Gasteiger partial charge in [0, 0.05) is 25.4 Å². The molecule has 0 bridgehead atoms. The van der Waals surface area contributed by atoms with Gasteiger partial charge in [0.1, 0.15) is 5.82 Å². The Morgan fingerprint density at radius 1 is 1.44 bits per heavy atom. The van der Waals surface area contributed by atoms with Crippen LogP contribution in [0.2, 0.25) is 0 Å². The van der Waals surface area contributed by atoms with Crippen molar-refractivity contribution < 1.29 is 8.78 Å². The number of nitrogens with zero attached hydrogens (tertiary/aromatic N) is 3. The van der Waals surface area contributed by atoms with Crippen molar-refractivity contribution in [2.24, 2.45) is 0 Å². The van der Waals surface area contributed by atoms with E-state index in [1.54, 1.807) is 13.1 Å². The zero-order valence-electron chi connectivity index (χ0n) is 9.67. The van der Waals surface area contributed by atoms with Crippen molar-refractivity contribution in [2.75, 3.05) is 30.4 Å². The molecule has 4 nitrogen and oxygen atoms in total. The van der Waals surface area contributed by atoms with Gasteiger partial charge in [-0.3, -0.25) is 0 Å². The number of nitrogens with one attached hydrogen (secondary N) is 1. The Morgan fingerprint density at radius 3 is 2.69 bits per heavy atom. The number of hydrogen-bond donors (Lipinski definition) is 1. The van der Waals surface area contributed by atoms with Crippen LogP contribution in [0.5, 0.6) is 0 Å². The Kier molecular flexibility index (Phi) is 4.39. The summed E-state index contributed by atoms with van der Waals surface area (Å²) >= 11 is 0. The largest absolute Gasteiger partial charge is 0.354 e. The number of halogens is 2. The molecule has 0 radical (unpaired) electrons. The molecule has 1 aromatic heterocycles. The Bertz CT molecular complexity index is 344. The molecule has 1 N–H and O–H groups in total. The first kappa shape index (κ1) is 12.6. The fraction of sp³-hybridized carbons (Fsp3) is 0.600. The molecule has 0 aromatic carbocycles.